The highest BCUT2D eigenvalue weighted by atomic mass is 16.5. The molecule has 4 nitrogen and oxygen atoms in total. The van der Waals surface area contributed by atoms with Crippen LogP contribution < -0.4 is 0 Å². The first-order valence-electron chi connectivity index (χ1n) is 6.03. The number of carbonyl (C=O) groups excluding carboxylic acids is 1. The van der Waals surface area contributed by atoms with Gasteiger partial charge in [0.15, 0.2) is 0 Å². The second-order valence-corrected chi connectivity index (χ2v) is 3.61. The van der Waals surface area contributed by atoms with Gasteiger partial charge in [0.05, 0.1) is 20.3 Å². The number of unbranched alkanes of at least 4 members (excludes halogenated alkanes) is 2. The summed E-state index contributed by atoms with van der Waals surface area (Å²) in [6, 6.07) is 0. The Bertz CT molecular complexity index is 159. The minimum Gasteiger partial charge on any atom is -0.469 e. The van der Waals surface area contributed by atoms with Crippen LogP contribution >= 0.6 is 0 Å². The SMILES string of the molecule is CCCCOCCOCCCCC(=O)OC. The number of carbonyl (C=O) groups is 1. The van der Waals surface area contributed by atoms with Crippen LogP contribution in [0.25, 0.3) is 0 Å². The Morgan fingerprint density at radius 1 is 0.938 bits per heavy atom. The minimum atomic E-state index is -0.150. The molecule has 4 heteroatoms. The van der Waals surface area contributed by atoms with E-state index in [4.69, 9.17) is 9.47 Å². The third-order valence-corrected chi connectivity index (χ3v) is 2.16. The lowest BCUT2D eigenvalue weighted by Crippen LogP contribution is -2.06. The topological polar surface area (TPSA) is 44.8 Å². The summed E-state index contributed by atoms with van der Waals surface area (Å²) < 4.78 is 15.2. The standard InChI is InChI=1S/C12H24O4/c1-3-4-8-15-10-11-16-9-6-5-7-12(13)14-2/h3-11H2,1-2H3. The summed E-state index contributed by atoms with van der Waals surface area (Å²) in [6.07, 6.45) is 4.47. The van der Waals surface area contributed by atoms with Gasteiger partial charge < -0.3 is 14.2 Å². The molecule has 0 amide bonds. The molecule has 16 heavy (non-hydrogen) atoms. The van der Waals surface area contributed by atoms with Crippen molar-refractivity contribution in [1.82, 2.24) is 0 Å². The zero-order chi connectivity index (χ0) is 12.1. The molecule has 0 aromatic rings. The number of methoxy groups -OCH3 is 1. The van der Waals surface area contributed by atoms with E-state index in [1.165, 1.54) is 7.11 Å². The molecule has 0 aliphatic heterocycles. The lowest BCUT2D eigenvalue weighted by molar-refractivity contribution is -0.140. The number of rotatable bonds is 11. The highest BCUT2D eigenvalue weighted by Gasteiger charge is 1.98. The van der Waals surface area contributed by atoms with Gasteiger partial charge in [0.1, 0.15) is 0 Å². The van der Waals surface area contributed by atoms with Crippen LogP contribution in [0.5, 0.6) is 0 Å². The van der Waals surface area contributed by atoms with E-state index in [0.29, 0.717) is 26.2 Å². The smallest absolute Gasteiger partial charge is 0.305 e. The molecular formula is C12H24O4. The van der Waals surface area contributed by atoms with E-state index in [1.54, 1.807) is 0 Å². The minimum absolute atomic E-state index is 0.150. The van der Waals surface area contributed by atoms with Crippen LogP contribution in [-0.4, -0.2) is 39.5 Å². The summed E-state index contributed by atoms with van der Waals surface area (Å²) in [6.45, 7) is 4.95. The van der Waals surface area contributed by atoms with Crippen LogP contribution in [0.15, 0.2) is 0 Å². The summed E-state index contributed by atoms with van der Waals surface area (Å²) in [5, 5.41) is 0. The summed E-state index contributed by atoms with van der Waals surface area (Å²) in [7, 11) is 1.41. The summed E-state index contributed by atoms with van der Waals surface area (Å²) in [4.78, 5) is 10.8. The first-order chi connectivity index (χ1) is 7.81. The van der Waals surface area contributed by atoms with Gasteiger partial charge in [0.25, 0.3) is 0 Å². The van der Waals surface area contributed by atoms with Gasteiger partial charge >= 0.3 is 5.97 Å². The molecule has 0 saturated heterocycles. The molecule has 0 aliphatic rings. The van der Waals surface area contributed by atoms with E-state index in [-0.39, 0.29) is 5.97 Å². The Morgan fingerprint density at radius 2 is 1.56 bits per heavy atom. The molecule has 0 atom stereocenters. The maximum absolute atomic E-state index is 10.8. The van der Waals surface area contributed by atoms with Gasteiger partial charge in [-0.05, 0) is 19.3 Å². The van der Waals surface area contributed by atoms with E-state index < -0.39 is 0 Å². The Kier molecular flexibility index (Phi) is 12.0. The highest BCUT2D eigenvalue weighted by molar-refractivity contribution is 5.68. The fourth-order valence-electron chi connectivity index (χ4n) is 1.14. The third-order valence-electron chi connectivity index (χ3n) is 2.16. The molecule has 96 valence electrons. The number of esters is 1. The average Bonchev–Trinajstić information content (AvgIpc) is 2.31. The Labute approximate surface area is 98.3 Å². The predicted octanol–water partition coefficient (Wildman–Crippen LogP) is 2.16. The van der Waals surface area contributed by atoms with Crippen molar-refractivity contribution in [2.45, 2.75) is 39.0 Å². The van der Waals surface area contributed by atoms with Gasteiger partial charge in [-0.3, -0.25) is 4.79 Å². The van der Waals surface area contributed by atoms with Crippen molar-refractivity contribution in [1.29, 1.82) is 0 Å². The molecule has 0 saturated carbocycles. The molecule has 0 aromatic heterocycles. The zero-order valence-electron chi connectivity index (χ0n) is 10.5. The molecule has 0 aromatic carbocycles. The Balaban J connectivity index is 2.96. The molecule has 0 unspecified atom stereocenters. The molecule has 0 spiro atoms. The van der Waals surface area contributed by atoms with E-state index in [2.05, 4.69) is 11.7 Å². The van der Waals surface area contributed by atoms with Gasteiger partial charge in [-0.15, -0.1) is 0 Å². The number of hydrogen-bond donors (Lipinski definition) is 0. The predicted molar refractivity (Wildman–Crippen MR) is 62.4 cm³/mol. The molecular weight excluding hydrogens is 208 g/mol. The summed E-state index contributed by atoms with van der Waals surface area (Å²) in [5.41, 5.74) is 0. The summed E-state index contributed by atoms with van der Waals surface area (Å²) >= 11 is 0. The van der Waals surface area contributed by atoms with Crippen molar-refractivity contribution in [3.05, 3.63) is 0 Å². The fourth-order valence-corrected chi connectivity index (χ4v) is 1.14. The van der Waals surface area contributed by atoms with Crippen molar-refractivity contribution in [2.24, 2.45) is 0 Å². The first kappa shape index (κ1) is 15.4. The second-order valence-electron chi connectivity index (χ2n) is 3.61. The molecule has 0 radical (unpaired) electrons. The molecule has 0 rings (SSSR count). The molecule has 0 N–H and O–H groups in total. The fraction of sp³-hybridized carbons (Fsp3) is 0.917. The van der Waals surface area contributed by atoms with Crippen LogP contribution in [0.4, 0.5) is 0 Å². The van der Waals surface area contributed by atoms with E-state index in [9.17, 15) is 4.79 Å². The molecule has 0 aliphatic carbocycles. The zero-order valence-corrected chi connectivity index (χ0v) is 10.5. The molecule has 0 heterocycles. The van der Waals surface area contributed by atoms with E-state index in [0.717, 1.165) is 32.3 Å². The Morgan fingerprint density at radius 3 is 2.12 bits per heavy atom. The average molecular weight is 232 g/mol. The van der Waals surface area contributed by atoms with Gasteiger partial charge in [-0.25, -0.2) is 0 Å². The van der Waals surface area contributed by atoms with Gasteiger partial charge in [0.2, 0.25) is 0 Å². The van der Waals surface area contributed by atoms with Crippen LogP contribution in [-0.2, 0) is 19.0 Å². The number of hydrogen-bond acceptors (Lipinski definition) is 4. The van der Waals surface area contributed by atoms with Crippen molar-refractivity contribution in [3.8, 4) is 0 Å². The van der Waals surface area contributed by atoms with Gasteiger partial charge in [0, 0.05) is 19.6 Å². The van der Waals surface area contributed by atoms with Crippen molar-refractivity contribution in [3.63, 3.8) is 0 Å². The van der Waals surface area contributed by atoms with Gasteiger partial charge in [-0.1, -0.05) is 13.3 Å². The first-order valence-corrected chi connectivity index (χ1v) is 6.03. The summed E-state index contributed by atoms with van der Waals surface area (Å²) in [5.74, 6) is -0.150. The third kappa shape index (κ3) is 11.5. The van der Waals surface area contributed by atoms with Crippen LogP contribution in [0.3, 0.4) is 0 Å². The van der Waals surface area contributed by atoms with Crippen molar-refractivity contribution in [2.75, 3.05) is 33.5 Å². The normalized spacial score (nSPS) is 10.4. The maximum atomic E-state index is 10.8. The van der Waals surface area contributed by atoms with Crippen LogP contribution in [0.2, 0.25) is 0 Å². The van der Waals surface area contributed by atoms with E-state index in [1.807, 2.05) is 0 Å². The van der Waals surface area contributed by atoms with Crippen LogP contribution in [0.1, 0.15) is 39.0 Å². The van der Waals surface area contributed by atoms with Crippen LogP contribution in [0, 0.1) is 0 Å². The highest BCUT2D eigenvalue weighted by Crippen LogP contribution is 1.97. The largest absolute Gasteiger partial charge is 0.469 e. The van der Waals surface area contributed by atoms with Crippen molar-refractivity contribution >= 4 is 5.97 Å². The maximum Gasteiger partial charge on any atom is 0.305 e. The second kappa shape index (κ2) is 12.5. The van der Waals surface area contributed by atoms with E-state index >= 15 is 0 Å². The quantitative estimate of drug-likeness (QED) is 0.404. The lowest BCUT2D eigenvalue weighted by Gasteiger charge is -2.05. The Hall–Kier alpha value is -0.610. The molecule has 0 bridgehead atoms. The molecule has 0 fully saturated rings. The van der Waals surface area contributed by atoms with Gasteiger partial charge in [-0.2, -0.15) is 0 Å². The lowest BCUT2D eigenvalue weighted by atomic mass is 10.2. The number of ether oxygens (including phenoxy) is 3. The monoisotopic (exact) mass is 232 g/mol. The van der Waals surface area contributed by atoms with Crippen molar-refractivity contribution < 1.29 is 19.0 Å².